The van der Waals surface area contributed by atoms with Crippen molar-refractivity contribution in [2.75, 3.05) is 5.73 Å². The molecule has 2 heterocycles. The largest absolute Gasteiger partial charge is 0.383 e. The fraction of sp³-hybridized carbons (Fsp3) is 0.100. The summed E-state index contributed by atoms with van der Waals surface area (Å²) in [6, 6.07) is 3.54. The maximum atomic E-state index is 5.92. The van der Waals surface area contributed by atoms with Gasteiger partial charge in [-0.25, -0.2) is 10.4 Å². The van der Waals surface area contributed by atoms with E-state index < -0.39 is 0 Å². The highest BCUT2D eigenvalue weighted by molar-refractivity contribution is 9.10. The second-order valence-corrected chi connectivity index (χ2v) is 5.69. The van der Waals surface area contributed by atoms with Gasteiger partial charge in [-0.2, -0.15) is 0 Å². The van der Waals surface area contributed by atoms with Crippen molar-refractivity contribution in [3.63, 3.8) is 0 Å². The van der Waals surface area contributed by atoms with Crippen molar-refractivity contribution in [1.82, 2.24) is 10.4 Å². The molecule has 2 rings (SSSR count). The average molecular weight is 334 g/mol. The number of anilines is 1. The molecule has 0 radical (unpaired) electrons. The summed E-state index contributed by atoms with van der Waals surface area (Å²) in [7, 11) is 0. The Morgan fingerprint density at radius 1 is 1.47 bits per heavy atom. The van der Waals surface area contributed by atoms with Gasteiger partial charge in [0.25, 0.3) is 0 Å². The van der Waals surface area contributed by atoms with Gasteiger partial charge in [0.15, 0.2) is 0 Å². The molecule has 1 unspecified atom stereocenters. The van der Waals surface area contributed by atoms with Gasteiger partial charge in [-0.05, 0) is 28.1 Å². The number of rotatable bonds is 3. The van der Waals surface area contributed by atoms with Gasteiger partial charge in [-0.1, -0.05) is 11.6 Å². The summed E-state index contributed by atoms with van der Waals surface area (Å²) in [5.41, 5.74) is 9.34. The van der Waals surface area contributed by atoms with Crippen molar-refractivity contribution in [1.29, 1.82) is 0 Å². The number of nitrogens with one attached hydrogen (secondary N) is 1. The van der Waals surface area contributed by atoms with Crippen LogP contribution in [0, 0.1) is 0 Å². The standard InChI is InChI=1S/C10H10BrClN4S/c11-5-1-8(17-4-5)9(16-14)7-2-6(12)3-15-10(7)13/h1-4,9,16H,14H2,(H2,13,15). The molecule has 0 aromatic carbocycles. The molecule has 0 bridgehead atoms. The molecule has 0 amide bonds. The summed E-state index contributed by atoms with van der Waals surface area (Å²) in [4.78, 5) is 5.06. The lowest BCUT2D eigenvalue weighted by molar-refractivity contribution is 0.646. The molecule has 90 valence electrons. The predicted molar refractivity (Wildman–Crippen MR) is 74.8 cm³/mol. The fourth-order valence-electron chi connectivity index (χ4n) is 1.50. The van der Waals surface area contributed by atoms with Crippen molar-refractivity contribution in [2.24, 2.45) is 5.84 Å². The summed E-state index contributed by atoms with van der Waals surface area (Å²) in [5, 5.41) is 2.51. The Balaban J connectivity index is 2.45. The minimum atomic E-state index is -0.211. The molecule has 17 heavy (non-hydrogen) atoms. The van der Waals surface area contributed by atoms with Crippen LogP contribution in [-0.2, 0) is 0 Å². The van der Waals surface area contributed by atoms with Crippen LogP contribution in [0.2, 0.25) is 5.02 Å². The normalized spacial score (nSPS) is 12.6. The highest BCUT2D eigenvalue weighted by Gasteiger charge is 2.18. The Morgan fingerprint density at radius 2 is 2.24 bits per heavy atom. The van der Waals surface area contributed by atoms with Crippen molar-refractivity contribution in [2.45, 2.75) is 6.04 Å². The van der Waals surface area contributed by atoms with Crippen LogP contribution in [0.5, 0.6) is 0 Å². The van der Waals surface area contributed by atoms with Gasteiger partial charge in [0.2, 0.25) is 0 Å². The molecule has 0 saturated carbocycles. The zero-order chi connectivity index (χ0) is 12.4. The Hall–Kier alpha value is -0.660. The SMILES string of the molecule is NNC(c1cc(Br)cs1)c1cc(Cl)cnc1N. The number of hydrogen-bond acceptors (Lipinski definition) is 5. The Morgan fingerprint density at radius 3 is 2.82 bits per heavy atom. The van der Waals surface area contributed by atoms with Crippen molar-refractivity contribution in [3.05, 3.63) is 43.6 Å². The Kier molecular flexibility index (Phi) is 4.01. The Labute approximate surface area is 116 Å². The van der Waals surface area contributed by atoms with E-state index in [1.165, 1.54) is 6.20 Å². The zero-order valence-electron chi connectivity index (χ0n) is 8.65. The maximum absolute atomic E-state index is 5.92. The van der Waals surface area contributed by atoms with E-state index in [0.29, 0.717) is 10.8 Å². The second kappa shape index (κ2) is 5.32. The van der Waals surface area contributed by atoms with E-state index in [9.17, 15) is 0 Å². The minimum absolute atomic E-state index is 0.211. The molecule has 2 aromatic rings. The fourth-order valence-corrected chi connectivity index (χ4v) is 3.19. The van der Waals surface area contributed by atoms with E-state index in [0.717, 1.165) is 14.9 Å². The summed E-state index contributed by atoms with van der Waals surface area (Å²) in [6.07, 6.45) is 1.51. The highest BCUT2D eigenvalue weighted by atomic mass is 79.9. The Bertz CT molecular complexity index is 531. The van der Waals surface area contributed by atoms with E-state index in [1.54, 1.807) is 17.4 Å². The molecule has 0 fully saturated rings. The number of hydrogen-bond donors (Lipinski definition) is 3. The van der Waals surface area contributed by atoms with Gasteiger partial charge >= 0.3 is 0 Å². The van der Waals surface area contributed by atoms with Gasteiger partial charge < -0.3 is 5.73 Å². The molecule has 4 nitrogen and oxygen atoms in total. The van der Waals surface area contributed by atoms with Crippen LogP contribution >= 0.6 is 38.9 Å². The molecule has 0 saturated heterocycles. The second-order valence-electron chi connectivity index (χ2n) is 3.39. The molecule has 7 heteroatoms. The third kappa shape index (κ3) is 2.78. The zero-order valence-corrected chi connectivity index (χ0v) is 11.8. The highest BCUT2D eigenvalue weighted by Crippen LogP contribution is 2.32. The quantitative estimate of drug-likeness (QED) is 0.596. The molecule has 5 N–H and O–H groups in total. The van der Waals surface area contributed by atoms with Crippen LogP contribution in [0.3, 0.4) is 0 Å². The third-order valence-electron chi connectivity index (χ3n) is 2.27. The average Bonchev–Trinajstić information content (AvgIpc) is 2.71. The summed E-state index contributed by atoms with van der Waals surface area (Å²) >= 11 is 10.9. The van der Waals surface area contributed by atoms with E-state index in [2.05, 4.69) is 26.3 Å². The first kappa shape index (κ1) is 12.8. The molecular weight excluding hydrogens is 324 g/mol. The number of aromatic nitrogens is 1. The number of pyridine rings is 1. The smallest absolute Gasteiger partial charge is 0.128 e. The number of hydrazine groups is 1. The number of nitrogen functional groups attached to an aromatic ring is 1. The van der Waals surface area contributed by atoms with Gasteiger partial charge in [0.1, 0.15) is 5.82 Å². The van der Waals surface area contributed by atoms with Crippen LogP contribution in [0.1, 0.15) is 16.5 Å². The first-order chi connectivity index (χ1) is 8.11. The molecule has 0 spiro atoms. The van der Waals surface area contributed by atoms with Crippen molar-refractivity contribution < 1.29 is 0 Å². The molecule has 1 atom stereocenters. The molecule has 2 aromatic heterocycles. The molecular formula is C10H10BrClN4S. The molecule has 0 aliphatic rings. The lowest BCUT2D eigenvalue weighted by Crippen LogP contribution is -2.29. The van der Waals surface area contributed by atoms with Crippen LogP contribution in [0.4, 0.5) is 5.82 Å². The first-order valence-corrected chi connectivity index (χ1v) is 6.78. The molecule has 0 aliphatic carbocycles. The molecule has 0 aliphatic heterocycles. The summed E-state index contributed by atoms with van der Waals surface area (Å²) in [6.45, 7) is 0. The van der Waals surface area contributed by atoms with Crippen LogP contribution < -0.4 is 17.0 Å². The van der Waals surface area contributed by atoms with Gasteiger partial charge in [0, 0.05) is 26.5 Å². The summed E-state index contributed by atoms with van der Waals surface area (Å²) in [5.74, 6) is 6.00. The van der Waals surface area contributed by atoms with Crippen LogP contribution in [-0.4, -0.2) is 4.98 Å². The minimum Gasteiger partial charge on any atom is -0.383 e. The number of nitrogens with zero attached hydrogens (tertiary/aromatic N) is 1. The topological polar surface area (TPSA) is 77.0 Å². The van der Waals surface area contributed by atoms with Gasteiger partial charge in [0.05, 0.1) is 11.1 Å². The predicted octanol–water partition coefficient (Wildman–Crippen LogP) is 2.69. The van der Waals surface area contributed by atoms with Gasteiger partial charge in [-0.3, -0.25) is 5.84 Å². The van der Waals surface area contributed by atoms with Gasteiger partial charge in [-0.15, -0.1) is 11.3 Å². The van der Waals surface area contributed by atoms with Crippen LogP contribution in [0.25, 0.3) is 0 Å². The van der Waals surface area contributed by atoms with Crippen LogP contribution in [0.15, 0.2) is 28.2 Å². The third-order valence-corrected chi connectivity index (χ3v) is 4.23. The lowest BCUT2D eigenvalue weighted by atomic mass is 10.1. The van der Waals surface area contributed by atoms with E-state index in [1.807, 2.05) is 11.4 Å². The number of halogens is 2. The summed E-state index contributed by atoms with van der Waals surface area (Å²) < 4.78 is 1.01. The number of nitrogens with two attached hydrogens (primary N) is 2. The number of thiophene rings is 1. The van der Waals surface area contributed by atoms with Crippen molar-refractivity contribution in [3.8, 4) is 0 Å². The first-order valence-electron chi connectivity index (χ1n) is 4.73. The van der Waals surface area contributed by atoms with E-state index in [-0.39, 0.29) is 6.04 Å². The lowest BCUT2D eigenvalue weighted by Gasteiger charge is -2.16. The van der Waals surface area contributed by atoms with E-state index in [4.69, 9.17) is 23.2 Å². The maximum Gasteiger partial charge on any atom is 0.128 e. The monoisotopic (exact) mass is 332 g/mol. The van der Waals surface area contributed by atoms with Crippen molar-refractivity contribution >= 4 is 44.7 Å². The van der Waals surface area contributed by atoms with E-state index >= 15 is 0 Å².